The molecule has 8 heteroatoms. The van der Waals surface area contributed by atoms with Crippen molar-refractivity contribution in [3.63, 3.8) is 0 Å². The molecule has 0 bridgehead atoms. The van der Waals surface area contributed by atoms with E-state index in [2.05, 4.69) is 21.6 Å². The number of nitrogens with one attached hydrogen (secondary N) is 1. The number of likely N-dealkylation sites (tertiary alicyclic amines) is 1. The van der Waals surface area contributed by atoms with Gasteiger partial charge in [-0.05, 0) is 31.9 Å². The Morgan fingerprint density at radius 2 is 2.04 bits per heavy atom. The first kappa shape index (κ1) is 18.6. The van der Waals surface area contributed by atoms with Crippen LogP contribution in [0.1, 0.15) is 31.4 Å². The maximum Gasteiger partial charge on any atom is 0.274 e. The molecule has 1 fully saturated rings. The van der Waals surface area contributed by atoms with Gasteiger partial charge >= 0.3 is 0 Å². The minimum Gasteiger partial charge on any atom is -0.443 e. The molecule has 0 aromatic carbocycles. The molecule has 4 rings (SSSR count). The Morgan fingerprint density at radius 3 is 2.67 bits per heavy atom. The third-order valence-corrected chi connectivity index (χ3v) is 4.34. The molecule has 0 atom stereocenters. The largest absolute Gasteiger partial charge is 0.443 e. The van der Waals surface area contributed by atoms with Crippen LogP contribution in [0.2, 0.25) is 0 Å². The lowest BCUT2D eigenvalue weighted by molar-refractivity contribution is -0.125. The molecule has 8 nitrogen and oxygen atoms in total. The number of aromatic amines is 1. The van der Waals surface area contributed by atoms with Gasteiger partial charge in [-0.1, -0.05) is 19.4 Å². The number of hydrogen-bond acceptors (Lipinski definition) is 5. The lowest BCUT2D eigenvalue weighted by Crippen LogP contribution is -2.29. The van der Waals surface area contributed by atoms with E-state index in [1.807, 2.05) is 11.8 Å². The van der Waals surface area contributed by atoms with E-state index in [-0.39, 0.29) is 11.5 Å². The minimum atomic E-state index is -0.217. The summed E-state index contributed by atoms with van der Waals surface area (Å²) in [6.45, 7) is 7.14. The van der Waals surface area contributed by atoms with E-state index in [0.29, 0.717) is 17.1 Å². The van der Waals surface area contributed by atoms with Crippen molar-refractivity contribution in [2.75, 3.05) is 13.1 Å². The summed E-state index contributed by atoms with van der Waals surface area (Å²) in [7, 11) is 0. The highest BCUT2D eigenvalue weighted by Crippen LogP contribution is 2.14. The smallest absolute Gasteiger partial charge is 0.274 e. The fourth-order valence-corrected chi connectivity index (χ4v) is 2.94. The van der Waals surface area contributed by atoms with Gasteiger partial charge in [0.15, 0.2) is 0 Å². The number of aromatic nitrogens is 4. The van der Waals surface area contributed by atoms with Gasteiger partial charge in [-0.2, -0.15) is 5.10 Å². The van der Waals surface area contributed by atoms with E-state index in [1.165, 1.54) is 29.7 Å². The maximum absolute atomic E-state index is 11.7. The zero-order chi connectivity index (χ0) is 19.2. The van der Waals surface area contributed by atoms with E-state index < -0.39 is 0 Å². The molecule has 0 spiro atoms. The predicted octanol–water partition coefficient (Wildman–Crippen LogP) is 2.56. The van der Waals surface area contributed by atoms with Crippen LogP contribution in [0.4, 0.5) is 0 Å². The zero-order valence-corrected chi connectivity index (χ0v) is 15.4. The Hall–Kier alpha value is -3.16. The first-order chi connectivity index (χ1) is 13.1. The van der Waals surface area contributed by atoms with Gasteiger partial charge in [0.1, 0.15) is 17.5 Å². The Kier molecular flexibility index (Phi) is 5.85. The van der Waals surface area contributed by atoms with Crippen molar-refractivity contribution in [2.24, 2.45) is 0 Å². The van der Waals surface area contributed by atoms with Crippen molar-refractivity contribution < 1.29 is 9.21 Å². The van der Waals surface area contributed by atoms with E-state index in [1.54, 1.807) is 18.5 Å². The molecule has 142 valence electrons. The summed E-state index contributed by atoms with van der Waals surface area (Å²) in [5.41, 5.74) is 1.54. The third kappa shape index (κ3) is 4.52. The predicted molar refractivity (Wildman–Crippen MR) is 101 cm³/mol. The number of aryl methyl sites for hydroxylation is 1. The molecule has 4 heterocycles. The molecule has 3 aromatic rings. The fraction of sp³-hybridized carbons (Fsp3) is 0.368. The molecule has 1 aliphatic heterocycles. The molecule has 3 aromatic heterocycles. The topological polar surface area (TPSA) is 96.5 Å². The van der Waals surface area contributed by atoms with Gasteiger partial charge < -0.3 is 14.3 Å². The van der Waals surface area contributed by atoms with Crippen molar-refractivity contribution in [1.82, 2.24) is 24.5 Å². The third-order valence-electron chi connectivity index (χ3n) is 4.34. The second-order valence-corrected chi connectivity index (χ2v) is 6.40. The summed E-state index contributed by atoms with van der Waals surface area (Å²) in [5.74, 6) is 0.471. The summed E-state index contributed by atoms with van der Waals surface area (Å²) >= 11 is 0. The van der Waals surface area contributed by atoms with Gasteiger partial charge in [0.05, 0.1) is 18.1 Å². The van der Waals surface area contributed by atoms with Crippen LogP contribution in [-0.2, 0) is 4.79 Å². The van der Waals surface area contributed by atoms with Gasteiger partial charge in [0, 0.05) is 13.1 Å². The molecule has 0 saturated carbocycles. The minimum absolute atomic E-state index is 0.0897. The molecule has 1 aliphatic rings. The standard InChI is InChI=1S/C10H8N4O2.C9H15NO/c1-6-5-16-10(12-6)7-4-14-8(2-3-11-14)9(15)13-7;1-2-9(11)10-7-5-3-4-6-8-10/h2-5H,1H3,(H,13,15);2H,1,3-8H2. The summed E-state index contributed by atoms with van der Waals surface area (Å²) in [6.07, 6.45) is 11.0. The van der Waals surface area contributed by atoms with Gasteiger partial charge in [0.2, 0.25) is 11.8 Å². The highest BCUT2D eigenvalue weighted by molar-refractivity contribution is 5.86. The number of carbonyl (C=O) groups excluding carboxylic acids is 1. The molecule has 0 unspecified atom stereocenters. The molecular formula is C19H23N5O3. The van der Waals surface area contributed by atoms with E-state index >= 15 is 0 Å². The Bertz CT molecular complexity index is 977. The lowest BCUT2D eigenvalue weighted by Gasteiger charge is -2.17. The van der Waals surface area contributed by atoms with Crippen LogP contribution in [-0.4, -0.2) is 43.5 Å². The van der Waals surface area contributed by atoms with Crippen LogP contribution in [0.15, 0.2) is 46.6 Å². The normalized spacial score (nSPS) is 14.3. The summed E-state index contributed by atoms with van der Waals surface area (Å²) in [6, 6.07) is 1.64. The molecule has 0 radical (unpaired) electrons. The van der Waals surface area contributed by atoms with Crippen LogP contribution >= 0.6 is 0 Å². The number of fused-ring (bicyclic) bond motifs is 1. The fourth-order valence-electron chi connectivity index (χ4n) is 2.94. The Labute approximate surface area is 156 Å². The molecule has 1 N–H and O–H groups in total. The van der Waals surface area contributed by atoms with Crippen molar-refractivity contribution in [3.05, 3.63) is 53.4 Å². The number of hydrogen-bond donors (Lipinski definition) is 1. The second kappa shape index (κ2) is 8.48. The number of nitrogens with zero attached hydrogens (tertiary/aromatic N) is 4. The van der Waals surface area contributed by atoms with E-state index in [4.69, 9.17) is 4.42 Å². The van der Waals surface area contributed by atoms with Gasteiger partial charge in [-0.15, -0.1) is 0 Å². The lowest BCUT2D eigenvalue weighted by atomic mass is 10.2. The first-order valence-electron chi connectivity index (χ1n) is 8.99. The Balaban J connectivity index is 0.000000168. The van der Waals surface area contributed by atoms with Crippen LogP contribution in [0.3, 0.4) is 0 Å². The summed E-state index contributed by atoms with van der Waals surface area (Å²) in [5, 5.41) is 4.00. The van der Waals surface area contributed by atoms with E-state index in [9.17, 15) is 9.59 Å². The van der Waals surface area contributed by atoms with Crippen molar-refractivity contribution >= 4 is 11.4 Å². The van der Waals surface area contributed by atoms with Crippen molar-refractivity contribution in [3.8, 4) is 11.6 Å². The molecule has 27 heavy (non-hydrogen) atoms. The van der Waals surface area contributed by atoms with Crippen molar-refractivity contribution in [1.29, 1.82) is 0 Å². The average Bonchev–Trinajstić information content (AvgIpc) is 3.23. The van der Waals surface area contributed by atoms with Gasteiger partial charge in [-0.3, -0.25) is 9.59 Å². The summed E-state index contributed by atoms with van der Waals surface area (Å²) < 4.78 is 6.70. The number of rotatable bonds is 2. The second-order valence-electron chi connectivity index (χ2n) is 6.40. The molecule has 1 saturated heterocycles. The quantitative estimate of drug-likeness (QED) is 0.700. The van der Waals surface area contributed by atoms with Crippen LogP contribution in [0.5, 0.6) is 0 Å². The summed E-state index contributed by atoms with van der Waals surface area (Å²) in [4.78, 5) is 31.5. The highest BCUT2D eigenvalue weighted by atomic mass is 16.3. The van der Waals surface area contributed by atoms with Crippen LogP contribution < -0.4 is 5.56 Å². The number of oxazole rings is 1. The van der Waals surface area contributed by atoms with Crippen LogP contribution in [0, 0.1) is 6.92 Å². The van der Waals surface area contributed by atoms with Gasteiger partial charge in [0.25, 0.3) is 5.56 Å². The first-order valence-corrected chi connectivity index (χ1v) is 8.99. The van der Waals surface area contributed by atoms with Crippen molar-refractivity contribution in [2.45, 2.75) is 32.6 Å². The number of H-pyrrole nitrogens is 1. The molecule has 1 amide bonds. The zero-order valence-electron chi connectivity index (χ0n) is 15.4. The number of carbonyl (C=O) groups is 1. The number of amides is 1. The highest BCUT2D eigenvalue weighted by Gasteiger charge is 2.11. The molecule has 0 aliphatic carbocycles. The van der Waals surface area contributed by atoms with Gasteiger partial charge in [-0.25, -0.2) is 9.50 Å². The Morgan fingerprint density at radius 1 is 1.30 bits per heavy atom. The average molecular weight is 369 g/mol. The monoisotopic (exact) mass is 369 g/mol. The van der Waals surface area contributed by atoms with E-state index in [0.717, 1.165) is 31.6 Å². The van der Waals surface area contributed by atoms with Crippen LogP contribution in [0.25, 0.3) is 17.1 Å². The molecular weight excluding hydrogens is 346 g/mol. The maximum atomic E-state index is 11.7. The SMILES string of the molecule is C=CC(=O)N1CCCCCC1.Cc1coc(-c2cn3nccc3c(=O)[nH]2)n1.